The first kappa shape index (κ1) is 12.0. The van der Waals surface area contributed by atoms with Gasteiger partial charge in [-0.1, -0.05) is 26.0 Å². The molecule has 0 heterocycles. The number of ether oxygens (including phenoxy) is 1. The van der Waals surface area contributed by atoms with Crippen LogP contribution >= 0.6 is 0 Å². The van der Waals surface area contributed by atoms with Crippen LogP contribution in [0.15, 0.2) is 24.3 Å². The van der Waals surface area contributed by atoms with E-state index in [0.717, 1.165) is 12.2 Å². The molecule has 0 N–H and O–H groups in total. The highest BCUT2D eigenvalue weighted by Gasteiger charge is 2.02. The van der Waals surface area contributed by atoms with Crippen LogP contribution < -0.4 is 4.74 Å². The van der Waals surface area contributed by atoms with Crippen LogP contribution in [0.4, 0.5) is 4.39 Å². The summed E-state index contributed by atoms with van der Waals surface area (Å²) in [5, 5.41) is 0. The lowest BCUT2D eigenvalue weighted by molar-refractivity contribution is 0.289. The van der Waals surface area contributed by atoms with Crippen molar-refractivity contribution in [3.8, 4) is 5.75 Å². The predicted molar refractivity (Wildman–Crippen MR) is 61.2 cm³/mol. The molecule has 1 atom stereocenters. The lowest BCUT2D eigenvalue weighted by Gasteiger charge is -2.10. The second-order valence-electron chi connectivity index (χ2n) is 3.77. The van der Waals surface area contributed by atoms with Crippen LogP contribution in [-0.4, -0.2) is 13.3 Å². The first-order valence-electron chi connectivity index (χ1n) is 5.56. The summed E-state index contributed by atoms with van der Waals surface area (Å²) in [5.41, 5.74) is 1.33. The maximum absolute atomic E-state index is 11.8. The van der Waals surface area contributed by atoms with Crippen molar-refractivity contribution in [2.75, 3.05) is 13.3 Å². The van der Waals surface area contributed by atoms with Gasteiger partial charge in [-0.15, -0.1) is 0 Å². The highest BCUT2D eigenvalue weighted by atomic mass is 19.1. The van der Waals surface area contributed by atoms with Crippen molar-refractivity contribution < 1.29 is 9.13 Å². The number of hydrogen-bond acceptors (Lipinski definition) is 1. The Bertz CT molecular complexity index is 268. The molecule has 0 amide bonds. The summed E-state index contributed by atoms with van der Waals surface area (Å²) in [4.78, 5) is 0. The van der Waals surface area contributed by atoms with Gasteiger partial charge in [0.1, 0.15) is 5.75 Å². The van der Waals surface area contributed by atoms with E-state index in [2.05, 4.69) is 26.0 Å². The van der Waals surface area contributed by atoms with E-state index in [1.165, 1.54) is 5.56 Å². The summed E-state index contributed by atoms with van der Waals surface area (Å²) in [6.45, 7) is 4.53. The number of benzene rings is 1. The smallest absolute Gasteiger partial charge is 0.119 e. The maximum Gasteiger partial charge on any atom is 0.119 e. The lowest BCUT2D eigenvalue weighted by Crippen LogP contribution is -1.98. The van der Waals surface area contributed by atoms with E-state index >= 15 is 0 Å². The van der Waals surface area contributed by atoms with Gasteiger partial charge in [0.05, 0.1) is 13.3 Å². The van der Waals surface area contributed by atoms with Crippen LogP contribution in [0, 0.1) is 0 Å². The summed E-state index contributed by atoms with van der Waals surface area (Å²) in [6, 6.07) is 8.08. The van der Waals surface area contributed by atoms with Crippen LogP contribution in [-0.2, 0) is 0 Å². The zero-order valence-corrected chi connectivity index (χ0v) is 9.50. The van der Waals surface area contributed by atoms with Crippen LogP contribution in [0.5, 0.6) is 5.75 Å². The molecule has 1 nitrogen and oxygen atoms in total. The van der Waals surface area contributed by atoms with Gasteiger partial charge in [0.2, 0.25) is 0 Å². The quantitative estimate of drug-likeness (QED) is 0.646. The van der Waals surface area contributed by atoms with Gasteiger partial charge in [-0.05, 0) is 30.0 Å². The molecule has 0 fully saturated rings. The number of hydrogen-bond donors (Lipinski definition) is 0. The molecule has 0 aliphatic rings. The number of rotatable bonds is 6. The molecule has 0 spiro atoms. The second-order valence-corrected chi connectivity index (χ2v) is 3.77. The molecular weight excluding hydrogens is 191 g/mol. The predicted octanol–water partition coefficient (Wildman–Crippen LogP) is 3.94. The van der Waals surface area contributed by atoms with Gasteiger partial charge in [0.15, 0.2) is 0 Å². The maximum atomic E-state index is 11.8. The van der Waals surface area contributed by atoms with Crippen molar-refractivity contribution in [2.24, 2.45) is 0 Å². The molecule has 0 aliphatic carbocycles. The minimum atomic E-state index is -0.315. The van der Waals surface area contributed by atoms with Crippen molar-refractivity contribution in [3.05, 3.63) is 29.8 Å². The Morgan fingerprint density at radius 1 is 1.27 bits per heavy atom. The molecular formula is C13H19FO. The summed E-state index contributed by atoms with van der Waals surface area (Å²) >= 11 is 0. The first-order chi connectivity index (χ1) is 7.27. The third-order valence-electron chi connectivity index (χ3n) is 2.61. The van der Waals surface area contributed by atoms with E-state index < -0.39 is 0 Å². The zero-order chi connectivity index (χ0) is 11.1. The van der Waals surface area contributed by atoms with E-state index in [9.17, 15) is 4.39 Å². The Morgan fingerprint density at radius 2 is 1.93 bits per heavy atom. The van der Waals surface area contributed by atoms with Crippen molar-refractivity contribution in [1.82, 2.24) is 0 Å². The Morgan fingerprint density at radius 3 is 2.47 bits per heavy atom. The summed E-state index contributed by atoms with van der Waals surface area (Å²) in [7, 11) is 0. The molecule has 1 unspecified atom stereocenters. The molecule has 84 valence electrons. The van der Waals surface area contributed by atoms with Gasteiger partial charge in [0, 0.05) is 6.42 Å². The first-order valence-corrected chi connectivity index (χ1v) is 5.56. The van der Waals surface area contributed by atoms with Crippen molar-refractivity contribution in [2.45, 2.75) is 32.6 Å². The average molecular weight is 210 g/mol. The number of halogens is 1. The zero-order valence-electron chi connectivity index (χ0n) is 9.50. The molecule has 1 aromatic carbocycles. The van der Waals surface area contributed by atoms with E-state index in [0.29, 0.717) is 18.9 Å². The van der Waals surface area contributed by atoms with Gasteiger partial charge in [-0.2, -0.15) is 0 Å². The van der Waals surface area contributed by atoms with Crippen LogP contribution in [0.2, 0.25) is 0 Å². The third-order valence-corrected chi connectivity index (χ3v) is 2.61. The Kier molecular flexibility index (Phi) is 5.16. The van der Waals surface area contributed by atoms with Crippen molar-refractivity contribution in [1.29, 1.82) is 0 Å². The molecule has 0 radical (unpaired) electrons. The Balaban J connectivity index is 2.49. The Labute approximate surface area is 91.3 Å². The minimum Gasteiger partial charge on any atom is -0.494 e. The molecule has 1 rings (SSSR count). The van der Waals surface area contributed by atoms with Gasteiger partial charge in [0.25, 0.3) is 0 Å². The normalized spacial score (nSPS) is 12.5. The van der Waals surface area contributed by atoms with Gasteiger partial charge >= 0.3 is 0 Å². The number of alkyl halides is 1. The largest absolute Gasteiger partial charge is 0.494 e. The van der Waals surface area contributed by atoms with Gasteiger partial charge < -0.3 is 4.74 Å². The topological polar surface area (TPSA) is 9.23 Å². The van der Waals surface area contributed by atoms with Crippen molar-refractivity contribution >= 4 is 0 Å². The fourth-order valence-corrected chi connectivity index (χ4v) is 1.37. The lowest BCUT2D eigenvalue weighted by atomic mass is 9.99. The van der Waals surface area contributed by atoms with E-state index in [-0.39, 0.29) is 6.67 Å². The SMILES string of the molecule is CCC(C)c1ccc(OCCCF)cc1. The van der Waals surface area contributed by atoms with E-state index in [4.69, 9.17) is 4.74 Å². The Hall–Kier alpha value is -1.05. The highest BCUT2D eigenvalue weighted by Crippen LogP contribution is 2.21. The van der Waals surface area contributed by atoms with Crippen LogP contribution in [0.1, 0.15) is 38.2 Å². The average Bonchev–Trinajstić information content (AvgIpc) is 2.29. The van der Waals surface area contributed by atoms with E-state index in [1.807, 2.05) is 12.1 Å². The molecule has 0 aromatic heterocycles. The molecule has 0 aliphatic heterocycles. The van der Waals surface area contributed by atoms with Gasteiger partial charge in [-0.25, -0.2) is 0 Å². The van der Waals surface area contributed by atoms with Gasteiger partial charge in [-0.3, -0.25) is 4.39 Å². The molecule has 2 heteroatoms. The summed E-state index contributed by atoms with van der Waals surface area (Å²) in [6.07, 6.45) is 1.61. The minimum absolute atomic E-state index is 0.315. The summed E-state index contributed by atoms with van der Waals surface area (Å²) < 4.78 is 17.2. The van der Waals surface area contributed by atoms with Crippen molar-refractivity contribution in [3.63, 3.8) is 0 Å². The monoisotopic (exact) mass is 210 g/mol. The molecule has 1 aromatic rings. The molecule has 0 bridgehead atoms. The molecule has 0 saturated heterocycles. The molecule has 15 heavy (non-hydrogen) atoms. The summed E-state index contributed by atoms with van der Waals surface area (Å²) in [5.74, 6) is 1.42. The third kappa shape index (κ3) is 3.90. The fraction of sp³-hybridized carbons (Fsp3) is 0.538. The fourth-order valence-electron chi connectivity index (χ4n) is 1.37. The highest BCUT2D eigenvalue weighted by molar-refractivity contribution is 5.29. The standard InChI is InChI=1S/C13H19FO/c1-3-11(2)12-5-7-13(8-6-12)15-10-4-9-14/h5-8,11H,3-4,9-10H2,1-2H3. The van der Waals surface area contributed by atoms with Crippen LogP contribution in [0.25, 0.3) is 0 Å². The molecule has 0 saturated carbocycles. The second kappa shape index (κ2) is 6.44. The van der Waals surface area contributed by atoms with Crippen LogP contribution in [0.3, 0.4) is 0 Å². The van der Waals surface area contributed by atoms with E-state index in [1.54, 1.807) is 0 Å².